The molecule has 1 aromatic heterocycles. The van der Waals surface area contributed by atoms with Crippen molar-refractivity contribution in [2.24, 2.45) is 5.92 Å². The number of aryl methyl sites for hydroxylation is 1. The van der Waals surface area contributed by atoms with Gasteiger partial charge in [-0.1, -0.05) is 12.5 Å². The lowest BCUT2D eigenvalue weighted by molar-refractivity contribution is -0.0541. The molecule has 0 radical (unpaired) electrons. The van der Waals surface area contributed by atoms with Gasteiger partial charge in [-0.05, 0) is 31.4 Å². The molecule has 0 bridgehead atoms. The van der Waals surface area contributed by atoms with Gasteiger partial charge >= 0.3 is 0 Å². The highest BCUT2D eigenvalue weighted by Crippen LogP contribution is 2.32. The maximum atomic E-state index is 10.2. The van der Waals surface area contributed by atoms with Crippen molar-refractivity contribution < 1.29 is 9.84 Å². The Morgan fingerprint density at radius 1 is 1.45 bits per heavy atom. The predicted octanol–water partition coefficient (Wildman–Crippen LogP) is 1.75. The van der Waals surface area contributed by atoms with Crippen LogP contribution in [0.15, 0.2) is 18.3 Å². The van der Waals surface area contributed by atoms with Crippen molar-refractivity contribution in [3.05, 3.63) is 29.6 Å². The lowest BCUT2D eigenvalue weighted by atomic mass is 9.94. The van der Waals surface area contributed by atoms with Crippen LogP contribution in [0.4, 0.5) is 0 Å². The Balaban J connectivity index is 1.74. The Morgan fingerprint density at radius 2 is 2.35 bits per heavy atom. The van der Waals surface area contributed by atoms with Crippen molar-refractivity contribution in [2.45, 2.75) is 44.9 Å². The fourth-order valence-corrected chi connectivity index (χ4v) is 3.54. The van der Waals surface area contributed by atoms with Crippen LogP contribution in [-0.4, -0.2) is 46.9 Å². The number of aromatic nitrogens is 1. The van der Waals surface area contributed by atoms with E-state index in [1.165, 1.54) is 5.56 Å². The molecular formula is C16H24N2O2. The molecular weight excluding hydrogens is 252 g/mol. The lowest BCUT2D eigenvalue weighted by Gasteiger charge is -2.40. The molecule has 4 nitrogen and oxygen atoms in total. The van der Waals surface area contributed by atoms with Gasteiger partial charge in [0.2, 0.25) is 0 Å². The number of aliphatic hydroxyl groups is 1. The minimum atomic E-state index is -0.158. The molecule has 4 heteroatoms. The van der Waals surface area contributed by atoms with Crippen LogP contribution in [0, 0.1) is 12.8 Å². The zero-order valence-corrected chi connectivity index (χ0v) is 12.2. The first kappa shape index (κ1) is 14.0. The highest BCUT2D eigenvalue weighted by molar-refractivity contribution is 5.17. The fourth-order valence-electron chi connectivity index (χ4n) is 3.54. The monoisotopic (exact) mass is 276 g/mol. The third kappa shape index (κ3) is 2.87. The van der Waals surface area contributed by atoms with Gasteiger partial charge in [0.05, 0.1) is 25.0 Å². The summed E-state index contributed by atoms with van der Waals surface area (Å²) < 4.78 is 5.67. The van der Waals surface area contributed by atoms with Crippen molar-refractivity contribution in [1.29, 1.82) is 0 Å². The van der Waals surface area contributed by atoms with Gasteiger partial charge in [0, 0.05) is 31.2 Å². The largest absolute Gasteiger partial charge is 0.393 e. The van der Waals surface area contributed by atoms with Crippen LogP contribution < -0.4 is 0 Å². The van der Waals surface area contributed by atoms with Crippen LogP contribution in [0.1, 0.15) is 30.5 Å². The molecule has 0 unspecified atom stereocenters. The Hall–Kier alpha value is -0.970. The standard InChI is InChI=1S/C16H24N2O2/c1-12-4-3-7-17-14(12)10-18-8-9-20-11-15(18)13-5-2-6-16(13)19/h3-4,7,13,15-16,19H,2,5-6,8-11H2,1H3/t13-,15-,16+/m1/s1. The zero-order chi connectivity index (χ0) is 13.9. The SMILES string of the molecule is Cc1cccnc1CN1CCOC[C@@H]1[C@H]1CCC[C@@H]1O. The molecule has 2 heterocycles. The first-order chi connectivity index (χ1) is 9.75. The van der Waals surface area contributed by atoms with Crippen molar-refractivity contribution >= 4 is 0 Å². The summed E-state index contributed by atoms with van der Waals surface area (Å²) in [6, 6.07) is 4.43. The molecule has 1 saturated heterocycles. The second-order valence-corrected chi connectivity index (χ2v) is 6.04. The van der Waals surface area contributed by atoms with Crippen LogP contribution in [0.2, 0.25) is 0 Å². The number of hydrogen-bond donors (Lipinski definition) is 1. The van der Waals surface area contributed by atoms with Gasteiger partial charge in [-0.15, -0.1) is 0 Å². The fraction of sp³-hybridized carbons (Fsp3) is 0.688. The van der Waals surface area contributed by atoms with E-state index in [0.29, 0.717) is 12.0 Å². The van der Waals surface area contributed by atoms with Gasteiger partial charge in [0.25, 0.3) is 0 Å². The normalized spacial score (nSPS) is 31.6. The van der Waals surface area contributed by atoms with Gasteiger partial charge in [-0.3, -0.25) is 9.88 Å². The molecule has 1 aliphatic heterocycles. The molecule has 1 saturated carbocycles. The molecule has 0 aromatic carbocycles. The summed E-state index contributed by atoms with van der Waals surface area (Å²) in [7, 11) is 0. The molecule has 1 aliphatic carbocycles. The molecule has 3 atom stereocenters. The van der Waals surface area contributed by atoms with E-state index >= 15 is 0 Å². The Bertz CT molecular complexity index is 452. The van der Waals surface area contributed by atoms with Crippen molar-refractivity contribution in [1.82, 2.24) is 9.88 Å². The second-order valence-electron chi connectivity index (χ2n) is 6.04. The summed E-state index contributed by atoms with van der Waals surface area (Å²) >= 11 is 0. The van der Waals surface area contributed by atoms with Crippen LogP contribution >= 0.6 is 0 Å². The highest BCUT2D eigenvalue weighted by Gasteiger charge is 2.37. The molecule has 2 fully saturated rings. The molecule has 0 spiro atoms. The minimum Gasteiger partial charge on any atom is -0.393 e. The van der Waals surface area contributed by atoms with E-state index in [2.05, 4.69) is 22.9 Å². The van der Waals surface area contributed by atoms with E-state index in [1.807, 2.05) is 12.3 Å². The maximum absolute atomic E-state index is 10.2. The minimum absolute atomic E-state index is 0.158. The number of aliphatic hydroxyl groups excluding tert-OH is 1. The summed E-state index contributed by atoms with van der Waals surface area (Å²) in [4.78, 5) is 6.96. The van der Waals surface area contributed by atoms with Gasteiger partial charge < -0.3 is 9.84 Å². The molecule has 1 N–H and O–H groups in total. The number of nitrogens with zero attached hydrogens (tertiary/aromatic N) is 2. The third-order valence-electron chi connectivity index (χ3n) is 4.78. The molecule has 1 aromatic rings. The van der Waals surface area contributed by atoms with Crippen molar-refractivity contribution in [2.75, 3.05) is 19.8 Å². The van der Waals surface area contributed by atoms with Crippen LogP contribution in [0.3, 0.4) is 0 Å². The molecule has 110 valence electrons. The summed E-state index contributed by atoms with van der Waals surface area (Å²) in [5, 5.41) is 10.2. The van der Waals surface area contributed by atoms with E-state index in [-0.39, 0.29) is 6.10 Å². The molecule has 3 rings (SSSR count). The van der Waals surface area contributed by atoms with Gasteiger partial charge in [0.1, 0.15) is 0 Å². The van der Waals surface area contributed by atoms with E-state index in [1.54, 1.807) is 0 Å². The summed E-state index contributed by atoms with van der Waals surface area (Å²) in [6.07, 6.45) is 4.90. The Labute approximate surface area is 120 Å². The molecule has 2 aliphatic rings. The first-order valence-electron chi connectivity index (χ1n) is 7.66. The highest BCUT2D eigenvalue weighted by atomic mass is 16.5. The van der Waals surface area contributed by atoms with Crippen molar-refractivity contribution in [3.8, 4) is 0 Å². The van der Waals surface area contributed by atoms with Gasteiger partial charge in [-0.25, -0.2) is 0 Å². The summed E-state index contributed by atoms with van der Waals surface area (Å²) in [6.45, 7) is 5.44. The molecule has 20 heavy (non-hydrogen) atoms. The van der Waals surface area contributed by atoms with E-state index in [9.17, 15) is 5.11 Å². The number of pyridine rings is 1. The van der Waals surface area contributed by atoms with E-state index in [0.717, 1.165) is 51.3 Å². The van der Waals surface area contributed by atoms with Crippen LogP contribution in [-0.2, 0) is 11.3 Å². The average molecular weight is 276 g/mol. The lowest BCUT2D eigenvalue weighted by Crippen LogP contribution is -2.50. The van der Waals surface area contributed by atoms with Gasteiger partial charge in [0.15, 0.2) is 0 Å². The number of hydrogen-bond acceptors (Lipinski definition) is 4. The summed E-state index contributed by atoms with van der Waals surface area (Å²) in [5.74, 6) is 0.360. The zero-order valence-electron chi connectivity index (χ0n) is 12.2. The maximum Gasteiger partial charge on any atom is 0.0626 e. The average Bonchev–Trinajstić information content (AvgIpc) is 2.88. The first-order valence-corrected chi connectivity index (χ1v) is 7.66. The predicted molar refractivity (Wildman–Crippen MR) is 77.3 cm³/mol. The Morgan fingerprint density at radius 3 is 3.10 bits per heavy atom. The number of morpholine rings is 1. The van der Waals surface area contributed by atoms with E-state index < -0.39 is 0 Å². The Kier molecular flexibility index (Phi) is 4.34. The number of rotatable bonds is 3. The third-order valence-corrected chi connectivity index (χ3v) is 4.78. The topological polar surface area (TPSA) is 45.6 Å². The number of ether oxygens (including phenoxy) is 1. The second kappa shape index (κ2) is 6.20. The van der Waals surface area contributed by atoms with Crippen molar-refractivity contribution in [3.63, 3.8) is 0 Å². The van der Waals surface area contributed by atoms with Crippen LogP contribution in [0.5, 0.6) is 0 Å². The smallest absolute Gasteiger partial charge is 0.0626 e. The van der Waals surface area contributed by atoms with Gasteiger partial charge in [-0.2, -0.15) is 0 Å². The quantitative estimate of drug-likeness (QED) is 0.913. The van der Waals surface area contributed by atoms with E-state index in [4.69, 9.17) is 4.74 Å². The summed E-state index contributed by atoms with van der Waals surface area (Å²) in [5.41, 5.74) is 2.39. The van der Waals surface area contributed by atoms with Crippen LogP contribution in [0.25, 0.3) is 0 Å². The molecule has 0 amide bonds.